The molecule has 2 aromatic heterocycles. The van der Waals surface area contributed by atoms with Crippen LogP contribution in [-0.2, 0) is 18.6 Å². The van der Waals surface area contributed by atoms with Crippen molar-refractivity contribution in [3.63, 3.8) is 0 Å². The minimum atomic E-state index is -0.310. The van der Waals surface area contributed by atoms with E-state index in [-0.39, 0.29) is 5.82 Å². The molecule has 1 aromatic carbocycles. The molecule has 5 nitrogen and oxygen atoms in total. The summed E-state index contributed by atoms with van der Waals surface area (Å²) in [5.74, 6) is 0.974. The summed E-state index contributed by atoms with van der Waals surface area (Å²) in [7, 11) is 0. The first-order chi connectivity index (χ1) is 12.7. The van der Waals surface area contributed by atoms with E-state index < -0.39 is 0 Å². The molecule has 0 radical (unpaired) electrons. The number of fused-ring (bicyclic) bond motifs is 1. The molecule has 0 bridgehead atoms. The molecule has 130 valence electrons. The third-order valence-electron chi connectivity index (χ3n) is 4.29. The van der Waals surface area contributed by atoms with Crippen LogP contribution in [0.5, 0.6) is 0 Å². The zero-order chi connectivity index (χ0) is 17.9. The molecule has 3 aromatic rings. The van der Waals surface area contributed by atoms with Gasteiger partial charge >= 0.3 is 0 Å². The van der Waals surface area contributed by atoms with Gasteiger partial charge in [-0.2, -0.15) is 10.2 Å². The molecule has 26 heavy (non-hydrogen) atoms. The van der Waals surface area contributed by atoms with E-state index in [1.165, 1.54) is 29.5 Å². The number of benzene rings is 1. The number of thioether (sulfide) groups is 1. The lowest BCUT2D eigenvalue weighted by molar-refractivity contribution is 0.391. The Bertz CT molecular complexity index is 978. The van der Waals surface area contributed by atoms with E-state index in [0.29, 0.717) is 33.6 Å². The Balaban J connectivity index is 1.51. The summed E-state index contributed by atoms with van der Waals surface area (Å²) in [5.41, 5.74) is 3.56. The summed E-state index contributed by atoms with van der Waals surface area (Å²) in [6, 6.07) is 10.1. The summed E-state index contributed by atoms with van der Waals surface area (Å²) in [5, 5.41) is 14.0. The first kappa shape index (κ1) is 16.7. The second-order valence-electron chi connectivity index (χ2n) is 6.07. The van der Waals surface area contributed by atoms with E-state index in [0.717, 1.165) is 31.4 Å². The number of aromatic nitrogens is 3. The SMILES string of the molecule is N#Cc1cc2c(nc1SCc1nc(-c3ccc(F)cc3)no1)CCCC2. The van der Waals surface area contributed by atoms with Crippen molar-refractivity contribution < 1.29 is 8.91 Å². The molecule has 0 fully saturated rings. The smallest absolute Gasteiger partial charge is 0.237 e. The third-order valence-corrected chi connectivity index (χ3v) is 5.27. The number of hydrogen-bond donors (Lipinski definition) is 0. The van der Waals surface area contributed by atoms with Gasteiger partial charge in [0.2, 0.25) is 11.7 Å². The maximum Gasteiger partial charge on any atom is 0.237 e. The number of pyridine rings is 1. The topological polar surface area (TPSA) is 75.6 Å². The van der Waals surface area contributed by atoms with Crippen LogP contribution in [0.3, 0.4) is 0 Å². The molecule has 7 heteroatoms. The molecule has 4 rings (SSSR count). The number of nitriles is 1. The van der Waals surface area contributed by atoms with Crippen LogP contribution in [0.25, 0.3) is 11.4 Å². The van der Waals surface area contributed by atoms with Crippen molar-refractivity contribution in [2.45, 2.75) is 36.5 Å². The summed E-state index contributed by atoms with van der Waals surface area (Å²) >= 11 is 1.42. The van der Waals surface area contributed by atoms with E-state index in [2.05, 4.69) is 21.2 Å². The molecular formula is C19H15FN4OS. The van der Waals surface area contributed by atoms with E-state index in [4.69, 9.17) is 4.52 Å². The van der Waals surface area contributed by atoms with Gasteiger partial charge in [-0.3, -0.25) is 0 Å². The first-order valence-electron chi connectivity index (χ1n) is 8.37. The lowest BCUT2D eigenvalue weighted by Gasteiger charge is -2.16. The van der Waals surface area contributed by atoms with Gasteiger partial charge in [0.25, 0.3) is 0 Å². The van der Waals surface area contributed by atoms with Crippen molar-refractivity contribution in [3.05, 3.63) is 58.9 Å². The van der Waals surface area contributed by atoms with Crippen molar-refractivity contribution in [3.8, 4) is 17.5 Å². The quantitative estimate of drug-likeness (QED) is 0.640. The minimum absolute atomic E-state index is 0.310. The highest BCUT2D eigenvalue weighted by Gasteiger charge is 2.17. The standard InChI is InChI=1S/C19H15FN4OS/c20-15-7-5-12(6-8-15)18-23-17(25-24-18)11-26-19-14(10-21)9-13-3-1-2-4-16(13)22-19/h5-9H,1-4,11H2. The van der Waals surface area contributed by atoms with Gasteiger partial charge in [-0.25, -0.2) is 9.37 Å². The zero-order valence-corrected chi connectivity index (χ0v) is 14.7. The predicted octanol–water partition coefficient (Wildman–Crippen LogP) is 4.31. The van der Waals surface area contributed by atoms with Crippen LogP contribution in [0.4, 0.5) is 4.39 Å². The van der Waals surface area contributed by atoms with Crippen molar-refractivity contribution in [1.82, 2.24) is 15.1 Å². The Kier molecular flexibility index (Phi) is 4.67. The number of aryl methyl sites for hydroxylation is 2. The van der Waals surface area contributed by atoms with Gasteiger partial charge in [-0.15, -0.1) is 0 Å². The van der Waals surface area contributed by atoms with Crippen LogP contribution in [0.15, 0.2) is 39.9 Å². The van der Waals surface area contributed by atoms with Crippen molar-refractivity contribution in [2.75, 3.05) is 0 Å². The zero-order valence-electron chi connectivity index (χ0n) is 13.9. The highest BCUT2D eigenvalue weighted by atomic mass is 32.2. The minimum Gasteiger partial charge on any atom is -0.338 e. The molecule has 0 atom stereocenters. The average Bonchev–Trinajstić information content (AvgIpc) is 3.15. The molecule has 1 aliphatic carbocycles. The van der Waals surface area contributed by atoms with Gasteiger partial charge in [0.15, 0.2) is 0 Å². The van der Waals surface area contributed by atoms with Crippen LogP contribution in [0.2, 0.25) is 0 Å². The summed E-state index contributed by atoms with van der Waals surface area (Å²) in [6.45, 7) is 0. The molecule has 0 saturated heterocycles. The van der Waals surface area contributed by atoms with Crippen LogP contribution >= 0.6 is 11.8 Å². The Morgan fingerprint density at radius 1 is 1.15 bits per heavy atom. The largest absolute Gasteiger partial charge is 0.338 e. The number of rotatable bonds is 4. The summed E-state index contributed by atoms with van der Waals surface area (Å²) in [4.78, 5) is 9.02. The molecular weight excluding hydrogens is 351 g/mol. The number of hydrogen-bond acceptors (Lipinski definition) is 6. The van der Waals surface area contributed by atoms with E-state index in [1.54, 1.807) is 12.1 Å². The molecule has 1 aliphatic rings. The molecule has 0 unspecified atom stereocenters. The Labute approximate surface area is 154 Å². The highest BCUT2D eigenvalue weighted by Crippen LogP contribution is 2.29. The van der Waals surface area contributed by atoms with Gasteiger partial charge in [0, 0.05) is 11.3 Å². The number of halogens is 1. The third kappa shape index (κ3) is 3.46. The maximum absolute atomic E-state index is 13.0. The van der Waals surface area contributed by atoms with Gasteiger partial charge in [-0.1, -0.05) is 16.9 Å². The molecule has 0 aliphatic heterocycles. The molecule has 0 N–H and O–H groups in total. The first-order valence-corrected chi connectivity index (χ1v) is 9.36. The predicted molar refractivity (Wildman–Crippen MR) is 94.8 cm³/mol. The fourth-order valence-electron chi connectivity index (χ4n) is 2.96. The van der Waals surface area contributed by atoms with Gasteiger partial charge in [-0.05, 0) is 61.6 Å². The van der Waals surface area contributed by atoms with E-state index in [9.17, 15) is 9.65 Å². The fraction of sp³-hybridized carbons (Fsp3) is 0.263. The van der Waals surface area contributed by atoms with Crippen LogP contribution in [0.1, 0.15) is 35.6 Å². The molecule has 0 saturated carbocycles. The van der Waals surface area contributed by atoms with E-state index >= 15 is 0 Å². The lowest BCUT2D eigenvalue weighted by Crippen LogP contribution is -2.07. The Hall–Kier alpha value is -2.72. The second kappa shape index (κ2) is 7.26. The van der Waals surface area contributed by atoms with Crippen LogP contribution < -0.4 is 0 Å². The average molecular weight is 366 g/mol. The highest BCUT2D eigenvalue weighted by molar-refractivity contribution is 7.98. The van der Waals surface area contributed by atoms with E-state index in [1.807, 2.05) is 6.07 Å². The second-order valence-corrected chi connectivity index (χ2v) is 7.04. The molecule has 2 heterocycles. The van der Waals surface area contributed by atoms with Gasteiger partial charge < -0.3 is 4.52 Å². The fourth-order valence-corrected chi connectivity index (χ4v) is 3.78. The normalized spacial score (nSPS) is 13.2. The van der Waals surface area contributed by atoms with Gasteiger partial charge in [0.1, 0.15) is 16.9 Å². The molecule has 0 spiro atoms. The molecule has 0 amide bonds. The van der Waals surface area contributed by atoms with Crippen LogP contribution in [-0.4, -0.2) is 15.1 Å². The van der Waals surface area contributed by atoms with Crippen molar-refractivity contribution in [1.29, 1.82) is 5.26 Å². The van der Waals surface area contributed by atoms with Gasteiger partial charge in [0.05, 0.1) is 11.3 Å². The number of nitrogens with zero attached hydrogens (tertiary/aromatic N) is 4. The lowest BCUT2D eigenvalue weighted by atomic mass is 9.95. The van der Waals surface area contributed by atoms with Crippen molar-refractivity contribution >= 4 is 11.8 Å². The van der Waals surface area contributed by atoms with Crippen molar-refractivity contribution in [2.24, 2.45) is 0 Å². The van der Waals surface area contributed by atoms with Crippen LogP contribution in [0, 0.1) is 17.1 Å². The Morgan fingerprint density at radius 2 is 1.96 bits per heavy atom. The summed E-state index contributed by atoms with van der Waals surface area (Å²) in [6.07, 6.45) is 4.25. The summed E-state index contributed by atoms with van der Waals surface area (Å²) < 4.78 is 18.3. The monoisotopic (exact) mass is 366 g/mol. The maximum atomic E-state index is 13.0. The Morgan fingerprint density at radius 3 is 2.77 bits per heavy atom.